The minimum absolute atomic E-state index is 0.0123. The molecule has 5 aromatic carbocycles. The number of anilines is 3. The van der Waals surface area contributed by atoms with Crippen molar-refractivity contribution in [3.8, 4) is 0 Å². The second-order valence-electron chi connectivity index (χ2n) is 27.2. The molecular weight excluding hydrogens is 1360 g/mol. The number of allylic oxidation sites excluding steroid dienone is 1. The Labute approximate surface area is 586 Å². The first-order valence-electron chi connectivity index (χ1n) is 34.0. The zero-order chi connectivity index (χ0) is 69.6. The van der Waals surface area contributed by atoms with Gasteiger partial charge in [0.25, 0.3) is 31.7 Å². The minimum Gasteiger partial charge on any atom is -0.380 e. The van der Waals surface area contributed by atoms with Gasteiger partial charge in [0.1, 0.15) is 10.9 Å². The Morgan fingerprint density at radius 3 is 2.14 bits per heavy atom. The molecule has 5 amide bonds. The standard InChI is InChI=1S/C71H85ClF3N11O10S3/c1-70(49-82-31-37-85(38-32-82)66(88)47-81-29-35-84(36-30-81)57-16-18-61-52(42-57)46-86(69(61)91)63-20-21-65(87)77-68(63)90)24-22-60(50-8-12-54(72)13-9-50)53(44-70)45-80-27-33-83(34-28-80)56-14-10-51(11-15-56)67(89)78-99(94,95)59-17-19-62(64(43-59)98(92,93)71(73,74)75)76-55(48-97-58-6-3-2-4-7-58)23-26-79-25-5-40-96-41-39-79/h2-4,6-19,42-43,55,63,76H,5,20-41,44-49H2,1H3,(H,78,89)(H,77,87,90)/t55-,63?,70-/m1/s1. The van der Waals surface area contributed by atoms with E-state index in [-0.39, 0.29) is 35.1 Å². The molecule has 12 rings (SSSR count). The summed E-state index contributed by atoms with van der Waals surface area (Å²) in [7, 11) is -11.0. The van der Waals surface area contributed by atoms with Crippen LogP contribution in [0, 0.1) is 5.41 Å². The number of piperazine rings is 3. The molecule has 530 valence electrons. The van der Waals surface area contributed by atoms with E-state index >= 15 is 0 Å². The molecule has 5 aromatic rings. The molecule has 0 bridgehead atoms. The van der Waals surface area contributed by atoms with Crippen LogP contribution in [0.25, 0.3) is 5.57 Å². The number of sulfone groups is 1. The Hall–Kier alpha value is -7.08. The van der Waals surface area contributed by atoms with E-state index in [1.54, 1.807) is 17.0 Å². The number of carbonyl (C=O) groups is 5. The number of rotatable bonds is 22. The molecule has 6 aliphatic heterocycles. The molecule has 99 heavy (non-hydrogen) atoms. The van der Waals surface area contributed by atoms with Crippen LogP contribution in [0.15, 0.2) is 136 Å². The van der Waals surface area contributed by atoms with E-state index in [0.29, 0.717) is 101 Å². The molecule has 1 aliphatic carbocycles. The molecule has 5 saturated heterocycles. The predicted octanol–water partition coefficient (Wildman–Crippen LogP) is 7.93. The molecule has 5 fully saturated rings. The molecule has 7 aliphatic rings. The number of hydrogen-bond donors (Lipinski definition) is 3. The van der Waals surface area contributed by atoms with Crippen LogP contribution in [0.3, 0.4) is 0 Å². The maximum Gasteiger partial charge on any atom is 0.501 e. The number of benzene rings is 5. The summed E-state index contributed by atoms with van der Waals surface area (Å²) >= 11 is 7.83. The van der Waals surface area contributed by atoms with Crippen molar-refractivity contribution in [2.24, 2.45) is 5.41 Å². The van der Waals surface area contributed by atoms with Crippen LogP contribution in [0.4, 0.5) is 30.2 Å². The topological polar surface area (TPSA) is 225 Å². The van der Waals surface area contributed by atoms with Gasteiger partial charge >= 0.3 is 5.51 Å². The highest BCUT2D eigenvalue weighted by molar-refractivity contribution is 7.99. The van der Waals surface area contributed by atoms with Gasteiger partial charge in [-0.3, -0.25) is 44.0 Å². The Kier molecular flexibility index (Phi) is 22.5. The largest absolute Gasteiger partial charge is 0.501 e. The van der Waals surface area contributed by atoms with Gasteiger partial charge in [0, 0.05) is 175 Å². The van der Waals surface area contributed by atoms with Gasteiger partial charge in [-0.1, -0.05) is 54.4 Å². The number of carbonyl (C=O) groups excluding carboxylic acids is 5. The van der Waals surface area contributed by atoms with Gasteiger partial charge in [0.05, 0.1) is 23.7 Å². The Balaban J connectivity index is 0.622. The number of alkyl halides is 3. The van der Waals surface area contributed by atoms with Gasteiger partial charge in [0.15, 0.2) is 0 Å². The number of imide groups is 1. The normalized spacial score (nSPS) is 21.7. The second kappa shape index (κ2) is 31.0. The number of halogens is 4. The van der Waals surface area contributed by atoms with Crippen LogP contribution in [0.2, 0.25) is 5.02 Å². The van der Waals surface area contributed by atoms with Crippen LogP contribution in [-0.2, 0) is 45.5 Å². The summed E-state index contributed by atoms with van der Waals surface area (Å²) in [6.45, 7) is 16.5. The van der Waals surface area contributed by atoms with E-state index < -0.39 is 64.7 Å². The number of ether oxygens (including phenoxy) is 1. The first-order valence-corrected chi connectivity index (χ1v) is 38.3. The maximum atomic E-state index is 14.4. The highest BCUT2D eigenvalue weighted by Crippen LogP contribution is 2.45. The van der Waals surface area contributed by atoms with Crippen molar-refractivity contribution in [2.75, 3.05) is 152 Å². The number of piperidine rings is 1. The van der Waals surface area contributed by atoms with Crippen molar-refractivity contribution >= 4 is 95.4 Å². The lowest BCUT2D eigenvalue weighted by molar-refractivity contribution is -0.137. The average Bonchev–Trinajstić information content (AvgIpc) is 1.59. The third-order valence-electron chi connectivity index (χ3n) is 20.2. The fourth-order valence-electron chi connectivity index (χ4n) is 14.6. The van der Waals surface area contributed by atoms with E-state index in [2.05, 4.69) is 59.1 Å². The van der Waals surface area contributed by atoms with Crippen LogP contribution in [0.1, 0.15) is 83.7 Å². The predicted molar refractivity (Wildman–Crippen MR) is 375 cm³/mol. The summed E-state index contributed by atoms with van der Waals surface area (Å²) in [5.74, 6) is -1.51. The number of thioether (sulfide) groups is 1. The number of sulfonamides is 1. The Bertz CT molecular complexity index is 4030. The number of nitrogens with zero attached hydrogens (tertiary/aromatic N) is 8. The van der Waals surface area contributed by atoms with Gasteiger partial charge in [-0.05, 0) is 146 Å². The van der Waals surface area contributed by atoms with Crippen LogP contribution < -0.4 is 25.2 Å². The monoisotopic (exact) mass is 1440 g/mol. The molecule has 3 N–H and O–H groups in total. The first kappa shape index (κ1) is 71.7. The summed E-state index contributed by atoms with van der Waals surface area (Å²) in [5, 5.41) is 6.06. The molecular formula is C71H85ClF3N11O10S3. The zero-order valence-electron chi connectivity index (χ0n) is 55.5. The van der Waals surface area contributed by atoms with Gasteiger partial charge in [-0.2, -0.15) is 13.2 Å². The highest BCUT2D eigenvalue weighted by atomic mass is 35.5. The minimum atomic E-state index is -6.11. The molecule has 0 saturated carbocycles. The molecule has 21 nitrogen and oxygen atoms in total. The molecule has 3 atom stereocenters. The van der Waals surface area contributed by atoms with Crippen LogP contribution in [-0.4, -0.2) is 230 Å². The van der Waals surface area contributed by atoms with Gasteiger partial charge in [-0.15, -0.1) is 11.8 Å². The average molecular weight is 1440 g/mol. The first-order chi connectivity index (χ1) is 47.4. The van der Waals surface area contributed by atoms with E-state index in [0.717, 1.165) is 137 Å². The highest BCUT2D eigenvalue weighted by Gasteiger charge is 2.49. The van der Waals surface area contributed by atoms with Crippen molar-refractivity contribution < 1.29 is 58.7 Å². The van der Waals surface area contributed by atoms with Crippen molar-refractivity contribution in [3.05, 3.63) is 148 Å². The lowest BCUT2D eigenvalue weighted by Crippen LogP contribution is -2.55. The lowest BCUT2D eigenvalue weighted by atomic mass is 9.71. The summed E-state index contributed by atoms with van der Waals surface area (Å²) < 4.78 is 105. The molecule has 0 radical (unpaired) electrons. The zero-order valence-corrected chi connectivity index (χ0v) is 58.7. The van der Waals surface area contributed by atoms with Crippen molar-refractivity contribution in [1.29, 1.82) is 0 Å². The SMILES string of the molecule is C[C@@]1(CN2CCN(C(=O)CN3CCN(c4ccc5c(c4)CN(C4CCC(=O)NC4=O)C5=O)CC3)CC2)CCC(c2ccc(Cl)cc2)=C(CN2CCN(c3ccc(C(=O)NS(=O)(=O)c4ccc(N[C@H](CCN5CCCOCC5)CSc5ccccc5)c(S(=O)(=O)C(F)(F)F)c4)cc3)CC2)C1. The van der Waals surface area contributed by atoms with Gasteiger partial charge < -0.3 is 34.6 Å². The van der Waals surface area contributed by atoms with Gasteiger partial charge in [0.2, 0.25) is 17.7 Å². The Morgan fingerprint density at radius 1 is 0.747 bits per heavy atom. The number of nitrogens with one attached hydrogen (secondary N) is 3. The van der Waals surface area contributed by atoms with Crippen molar-refractivity contribution in [1.82, 2.24) is 39.4 Å². The molecule has 0 spiro atoms. The molecule has 6 heterocycles. The van der Waals surface area contributed by atoms with E-state index in [4.69, 9.17) is 16.3 Å². The summed E-state index contributed by atoms with van der Waals surface area (Å²) in [4.78, 5) is 81.3. The number of hydrogen-bond acceptors (Lipinski definition) is 18. The van der Waals surface area contributed by atoms with Crippen molar-refractivity contribution in [3.63, 3.8) is 0 Å². The smallest absolute Gasteiger partial charge is 0.380 e. The van der Waals surface area contributed by atoms with Crippen LogP contribution >= 0.6 is 23.4 Å². The van der Waals surface area contributed by atoms with E-state index in [9.17, 15) is 54.0 Å². The molecule has 28 heteroatoms. The Morgan fingerprint density at radius 2 is 1.43 bits per heavy atom. The summed E-state index contributed by atoms with van der Waals surface area (Å²) in [6.07, 6.45) is 4.57. The van der Waals surface area contributed by atoms with Crippen LogP contribution in [0.5, 0.6) is 0 Å². The van der Waals surface area contributed by atoms with Gasteiger partial charge in [-0.25, -0.2) is 21.6 Å². The fourth-order valence-corrected chi connectivity index (χ4v) is 17.8. The lowest BCUT2D eigenvalue weighted by Gasteiger charge is -2.44. The second-order valence-corrected chi connectivity index (χ2v) is 32.3. The third kappa shape index (κ3) is 17.5. The summed E-state index contributed by atoms with van der Waals surface area (Å²) in [6, 6.07) is 30.9. The molecule has 0 aromatic heterocycles. The number of fused-ring (bicyclic) bond motifs is 1. The van der Waals surface area contributed by atoms with E-state index in [1.807, 2.05) is 70.3 Å². The molecule has 1 unspecified atom stereocenters. The fraction of sp³-hybridized carbons (Fsp3) is 0.479. The quantitative estimate of drug-likeness (QED) is 0.0442. The third-order valence-corrected chi connectivity index (χ3v) is 24.5. The number of amides is 5. The summed E-state index contributed by atoms with van der Waals surface area (Å²) in [5.41, 5.74) is 0.913. The van der Waals surface area contributed by atoms with Crippen molar-refractivity contribution in [2.45, 2.75) is 90.7 Å². The maximum absolute atomic E-state index is 14.4. The van der Waals surface area contributed by atoms with E-state index in [1.165, 1.54) is 35.0 Å².